The van der Waals surface area contributed by atoms with E-state index in [1.165, 1.54) is 11.5 Å². The molecule has 6 nitrogen and oxygen atoms in total. The van der Waals surface area contributed by atoms with Gasteiger partial charge >= 0.3 is 5.97 Å². The minimum Gasteiger partial charge on any atom is -0.493 e. The van der Waals surface area contributed by atoms with Crippen LogP contribution in [-0.2, 0) is 11.4 Å². The number of aryl methyl sites for hydroxylation is 2. The number of rotatable bonds is 8. The Labute approximate surface area is 216 Å². The van der Waals surface area contributed by atoms with Gasteiger partial charge in [-0.05, 0) is 79.2 Å². The van der Waals surface area contributed by atoms with Gasteiger partial charge < -0.3 is 19.3 Å². The zero-order chi connectivity index (χ0) is 25.1. The molecule has 1 saturated heterocycles. The molecule has 1 fully saturated rings. The maximum atomic E-state index is 11.1. The van der Waals surface area contributed by atoms with Crippen LogP contribution in [0.5, 0.6) is 17.4 Å². The van der Waals surface area contributed by atoms with Crippen molar-refractivity contribution in [2.45, 2.75) is 51.7 Å². The zero-order valence-corrected chi connectivity index (χ0v) is 21.5. The molecule has 3 aromatic rings. The Hall–Kier alpha value is -3.19. The average molecular weight is 506 g/mol. The molecule has 1 unspecified atom stereocenters. The molecule has 1 aromatic heterocycles. The molecule has 0 aliphatic carbocycles. The van der Waals surface area contributed by atoms with Crippen LogP contribution in [0.3, 0.4) is 0 Å². The number of fused-ring (bicyclic) bond motifs is 1. The van der Waals surface area contributed by atoms with Crippen molar-refractivity contribution in [1.29, 1.82) is 0 Å². The Balaban J connectivity index is 1.27. The first kappa shape index (κ1) is 24.5. The molecule has 7 heteroatoms. The number of nitrogens with zero attached hydrogens (tertiary/aromatic N) is 1. The number of hydrogen-bond acceptors (Lipinski definition) is 6. The number of aromatic nitrogens is 1. The summed E-state index contributed by atoms with van der Waals surface area (Å²) in [5, 5.41) is 9.09. The summed E-state index contributed by atoms with van der Waals surface area (Å²) in [6.07, 6.45) is 2.58. The normalized spacial score (nSPS) is 17.3. The molecule has 0 bridgehead atoms. The van der Waals surface area contributed by atoms with Gasteiger partial charge in [-0.25, -0.2) is 4.98 Å². The van der Waals surface area contributed by atoms with Crippen LogP contribution >= 0.6 is 11.8 Å². The van der Waals surface area contributed by atoms with Gasteiger partial charge in [0, 0.05) is 23.1 Å². The molecule has 0 spiro atoms. The fraction of sp³-hybridized carbons (Fsp3) is 0.379. The van der Waals surface area contributed by atoms with Crippen molar-refractivity contribution < 1.29 is 24.1 Å². The summed E-state index contributed by atoms with van der Waals surface area (Å²) in [5.41, 5.74) is 6.13. The van der Waals surface area contributed by atoms with E-state index in [1.807, 2.05) is 48.2 Å². The van der Waals surface area contributed by atoms with Gasteiger partial charge in [0.25, 0.3) is 0 Å². The second kappa shape index (κ2) is 10.8. The number of thioether (sulfide) groups is 1. The van der Waals surface area contributed by atoms with E-state index in [9.17, 15) is 4.79 Å². The first-order valence-electron chi connectivity index (χ1n) is 12.4. The van der Waals surface area contributed by atoms with Gasteiger partial charge in [-0.3, -0.25) is 4.79 Å². The van der Waals surface area contributed by atoms with Crippen LogP contribution in [0, 0.1) is 13.8 Å². The third-order valence-corrected chi connectivity index (χ3v) is 7.77. The number of benzene rings is 2. The molecule has 0 saturated carbocycles. The zero-order valence-electron chi connectivity index (χ0n) is 20.7. The molecule has 36 heavy (non-hydrogen) atoms. The largest absolute Gasteiger partial charge is 0.493 e. The Morgan fingerprint density at radius 1 is 1.11 bits per heavy atom. The predicted octanol–water partition coefficient (Wildman–Crippen LogP) is 6.17. The Morgan fingerprint density at radius 2 is 1.89 bits per heavy atom. The number of aliphatic carboxylic acids is 1. The molecule has 2 aromatic carbocycles. The van der Waals surface area contributed by atoms with Crippen LogP contribution in [-0.4, -0.2) is 40.3 Å². The van der Waals surface area contributed by atoms with Gasteiger partial charge in [0.2, 0.25) is 5.88 Å². The number of carboxylic acid groups (broad SMARTS) is 1. The molecule has 0 radical (unpaired) electrons. The summed E-state index contributed by atoms with van der Waals surface area (Å²) in [5.74, 6) is 3.65. The Bertz CT molecular complexity index is 1230. The first-order chi connectivity index (χ1) is 17.5. The van der Waals surface area contributed by atoms with E-state index >= 15 is 0 Å². The van der Waals surface area contributed by atoms with E-state index < -0.39 is 5.97 Å². The van der Waals surface area contributed by atoms with E-state index in [1.54, 1.807) is 0 Å². The topological polar surface area (TPSA) is 77.9 Å². The van der Waals surface area contributed by atoms with Crippen molar-refractivity contribution in [3.05, 3.63) is 70.8 Å². The highest BCUT2D eigenvalue weighted by molar-refractivity contribution is 7.99. The molecule has 188 valence electrons. The average Bonchev–Trinajstić information content (AvgIpc) is 3.24. The second-order valence-electron chi connectivity index (χ2n) is 9.49. The summed E-state index contributed by atoms with van der Waals surface area (Å²) in [6.45, 7) is 4.95. The predicted molar refractivity (Wildman–Crippen MR) is 141 cm³/mol. The van der Waals surface area contributed by atoms with Gasteiger partial charge in [0.05, 0.1) is 18.7 Å². The van der Waals surface area contributed by atoms with Crippen molar-refractivity contribution in [1.82, 2.24) is 4.98 Å². The Morgan fingerprint density at radius 3 is 2.64 bits per heavy atom. The fourth-order valence-corrected chi connectivity index (χ4v) is 6.03. The van der Waals surface area contributed by atoms with Crippen molar-refractivity contribution in [3.8, 4) is 28.6 Å². The van der Waals surface area contributed by atoms with Crippen molar-refractivity contribution in [2.75, 3.05) is 18.1 Å². The Kier molecular flexibility index (Phi) is 7.37. The molecule has 1 atom stereocenters. The smallest absolute Gasteiger partial charge is 0.304 e. The lowest BCUT2D eigenvalue weighted by Crippen LogP contribution is -2.22. The van der Waals surface area contributed by atoms with Gasteiger partial charge in [-0.15, -0.1) is 0 Å². The second-order valence-corrected chi connectivity index (χ2v) is 10.7. The maximum Gasteiger partial charge on any atom is 0.304 e. The molecular weight excluding hydrogens is 474 g/mol. The lowest BCUT2D eigenvalue weighted by atomic mass is 9.97. The van der Waals surface area contributed by atoms with E-state index in [2.05, 4.69) is 26.0 Å². The van der Waals surface area contributed by atoms with Gasteiger partial charge in [-0.2, -0.15) is 11.8 Å². The highest BCUT2D eigenvalue weighted by Gasteiger charge is 2.26. The molecule has 2 aliphatic heterocycles. The SMILES string of the molecule is Cc1cc(OC2CCSCC2)cc(C)c1-c1cccc(OCc2ccc3c(c2)OCC3CC(=O)O)n1. The molecule has 3 heterocycles. The van der Waals surface area contributed by atoms with Gasteiger partial charge in [0.15, 0.2) is 0 Å². The lowest BCUT2D eigenvalue weighted by Gasteiger charge is -2.23. The lowest BCUT2D eigenvalue weighted by molar-refractivity contribution is -0.137. The number of ether oxygens (including phenoxy) is 3. The van der Waals surface area contributed by atoms with Crippen LogP contribution in [0.4, 0.5) is 0 Å². The van der Waals surface area contributed by atoms with Gasteiger partial charge in [0.1, 0.15) is 24.2 Å². The number of carbonyl (C=O) groups is 1. The highest BCUT2D eigenvalue weighted by atomic mass is 32.2. The molecule has 5 rings (SSSR count). The van der Waals surface area contributed by atoms with Crippen LogP contribution < -0.4 is 14.2 Å². The molecule has 2 aliphatic rings. The van der Waals surface area contributed by atoms with Crippen LogP contribution in [0.2, 0.25) is 0 Å². The van der Waals surface area contributed by atoms with E-state index in [4.69, 9.17) is 24.3 Å². The molecular formula is C29H31NO5S. The van der Waals surface area contributed by atoms with Crippen LogP contribution in [0.1, 0.15) is 47.4 Å². The van der Waals surface area contributed by atoms with Crippen molar-refractivity contribution in [3.63, 3.8) is 0 Å². The standard InChI is InChI=1S/C29H31NO5S/c1-18-12-23(35-22-8-10-36-11-9-22)13-19(2)29(18)25-4-3-5-27(30-25)34-16-20-6-7-24-21(15-28(31)32)17-33-26(24)14-20/h3-7,12-14,21-22H,8-11,15-17H2,1-2H3,(H,31,32). The summed E-state index contributed by atoms with van der Waals surface area (Å²) in [6, 6.07) is 15.9. The highest BCUT2D eigenvalue weighted by Crippen LogP contribution is 2.37. The summed E-state index contributed by atoms with van der Waals surface area (Å²) >= 11 is 2.00. The number of carboxylic acids is 1. The van der Waals surface area contributed by atoms with E-state index in [-0.39, 0.29) is 12.3 Å². The van der Waals surface area contributed by atoms with E-state index in [0.29, 0.717) is 25.2 Å². The van der Waals surface area contributed by atoms with Crippen LogP contribution in [0.15, 0.2) is 48.5 Å². The summed E-state index contributed by atoms with van der Waals surface area (Å²) in [7, 11) is 0. The molecule has 1 N–H and O–H groups in total. The van der Waals surface area contributed by atoms with Crippen LogP contribution in [0.25, 0.3) is 11.3 Å². The first-order valence-corrected chi connectivity index (χ1v) is 13.5. The summed E-state index contributed by atoms with van der Waals surface area (Å²) < 4.78 is 18.0. The summed E-state index contributed by atoms with van der Waals surface area (Å²) in [4.78, 5) is 15.9. The van der Waals surface area contributed by atoms with E-state index in [0.717, 1.165) is 57.9 Å². The maximum absolute atomic E-state index is 11.1. The quantitative estimate of drug-likeness (QED) is 0.392. The minimum absolute atomic E-state index is 0.0746. The third kappa shape index (κ3) is 5.62. The van der Waals surface area contributed by atoms with Crippen molar-refractivity contribution >= 4 is 17.7 Å². The number of pyridine rings is 1. The third-order valence-electron chi connectivity index (χ3n) is 6.72. The molecule has 0 amide bonds. The van der Waals surface area contributed by atoms with Crippen molar-refractivity contribution in [2.24, 2.45) is 0 Å². The monoisotopic (exact) mass is 505 g/mol. The van der Waals surface area contributed by atoms with Gasteiger partial charge in [-0.1, -0.05) is 18.2 Å². The minimum atomic E-state index is -0.814. The fourth-order valence-electron chi connectivity index (χ4n) is 4.96. The number of hydrogen-bond donors (Lipinski definition) is 1.